The molecule has 3 N–H and O–H groups in total. The number of aromatic amines is 1. The van der Waals surface area contributed by atoms with Crippen molar-refractivity contribution in [1.29, 1.82) is 0 Å². The Hall–Kier alpha value is -1.62. The number of aromatic nitrogens is 4. The molecule has 5 heteroatoms. The molecule has 2 aromatic heterocycles. The summed E-state index contributed by atoms with van der Waals surface area (Å²) in [5, 5.41) is 4.22. The molecule has 16 heavy (non-hydrogen) atoms. The number of nitrogens with one attached hydrogen (secondary N) is 1. The van der Waals surface area contributed by atoms with E-state index in [2.05, 4.69) is 22.0 Å². The number of rotatable bonds is 4. The Morgan fingerprint density at radius 3 is 2.88 bits per heavy atom. The maximum absolute atomic E-state index is 5.90. The summed E-state index contributed by atoms with van der Waals surface area (Å²) in [5.74, 6) is 0.835. The van der Waals surface area contributed by atoms with Crippen molar-refractivity contribution in [2.24, 2.45) is 5.73 Å². The van der Waals surface area contributed by atoms with Crippen LogP contribution in [0, 0.1) is 0 Å². The van der Waals surface area contributed by atoms with Gasteiger partial charge in [-0.1, -0.05) is 6.92 Å². The van der Waals surface area contributed by atoms with E-state index in [0.717, 1.165) is 30.0 Å². The predicted octanol–water partition coefficient (Wildman–Crippen LogP) is 1.70. The van der Waals surface area contributed by atoms with E-state index >= 15 is 0 Å². The van der Waals surface area contributed by atoms with Gasteiger partial charge in [-0.15, -0.1) is 0 Å². The SMILES string of the molecule is CCC(N)c1ncc(-c2cnn(CC)c2)[nH]1. The lowest BCUT2D eigenvalue weighted by molar-refractivity contribution is 0.658. The summed E-state index contributed by atoms with van der Waals surface area (Å²) in [5.41, 5.74) is 7.92. The van der Waals surface area contributed by atoms with Crippen LogP contribution < -0.4 is 5.73 Å². The van der Waals surface area contributed by atoms with Crippen LogP contribution in [-0.2, 0) is 6.54 Å². The Balaban J connectivity index is 2.24. The van der Waals surface area contributed by atoms with Gasteiger partial charge in [-0.3, -0.25) is 4.68 Å². The number of H-pyrrole nitrogens is 1. The first kappa shape index (κ1) is 10.9. The van der Waals surface area contributed by atoms with Crippen LogP contribution in [0.5, 0.6) is 0 Å². The Morgan fingerprint density at radius 1 is 1.44 bits per heavy atom. The third-order valence-electron chi connectivity index (χ3n) is 2.65. The van der Waals surface area contributed by atoms with Gasteiger partial charge in [0.2, 0.25) is 0 Å². The van der Waals surface area contributed by atoms with Crippen molar-refractivity contribution in [3.63, 3.8) is 0 Å². The first-order valence-electron chi connectivity index (χ1n) is 5.57. The molecular formula is C11H17N5. The molecule has 0 fully saturated rings. The number of aryl methyl sites for hydroxylation is 1. The highest BCUT2D eigenvalue weighted by Crippen LogP contribution is 2.18. The largest absolute Gasteiger partial charge is 0.341 e. The van der Waals surface area contributed by atoms with Gasteiger partial charge in [0.1, 0.15) is 5.82 Å². The zero-order valence-electron chi connectivity index (χ0n) is 9.64. The molecule has 0 radical (unpaired) electrons. The Morgan fingerprint density at radius 2 is 2.25 bits per heavy atom. The highest BCUT2D eigenvalue weighted by atomic mass is 15.3. The zero-order chi connectivity index (χ0) is 11.5. The second-order valence-corrected chi connectivity index (χ2v) is 3.78. The fourth-order valence-electron chi connectivity index (χ4n) is 1.54. The Kier molecular flexibility index (Phi) is 3.05. The third-order valence-corrected chi connectivity index (χ3v) is 2.65. The van der Waals surface area contributed by atoms with Crippen LogP contribution >= 0.6 is 0 Å². The highest BCUT2D eigenvalue weighted by molar-refractivity contribution is 5.56. The van der Waals surface area contributed by atoms with E-state index in [4.69, 9.17) is 5.73 Å². The second-order valence-electron chi connectivity index (χ2n) is 3.78. The lowest BCUT2D eigenvalue weighted by Gasteiger charge is -2.02. The maximum atomic E-state index is 5.90. The first-order valence-corrected chi connectivity index (χ1v) is 5.57. The van der Waals surface area contributed by atoms with E-state index < -0.39 is 0 Å². The van der Waals surface area contributed by atoms with Gasteiger partial charge in [-0.2, -0.15) is 5.10 Å². The van der Waals surface area contributed by atoms with Crippen LogP contribution in [0.15, 0.2) is 18.6 Å². The molecule has 1 atom stereocenters. The van der Waals surface area contributed by atoms with E-state index in [9.17, 15) is 0 Å². The van der Waals surface area contributed by atoms with Crippen LogP contribution in [0.25, 0.3) is 11.3 Å². The summed E-state index contributed by atoms with van der Waals surface area (Å²) in [6.07, 6.45) is 6.51. The molecule has 0 aliphatic carbocycles. The maximum Gasteiger partial charge on any atom is 0.123 e. The summed E-state index contributed by atoms with van der Waals surface area (Å²) in [4.78, 5) is 7.51. The lowest BCUT2D eigenvalue weighted by atomic mass is 10.2. The number of imidazole rings is 1. The number of nitrogens with two attached hydrogens (primary N) is 1. The third kappa shape index (κ3) is 1.99. The molecule has 0 aromatic carbocycles. The normalized spacial score (nSPS) is 12.9. The van der Waals surface area contributed by atoms with Gasteiger partial charge < -0.3 is 10.7 Å². The van der Waals surface area contributed by atoms with Crippen molar-refractivity contribution >= 4 is 0 Å². The van der Waals surface area contributed by atoms with Crippen molar-refractivity contribution in [2.75, 3.05) is 0 Å². The molecule has 2 heterocycles. The van der Waals surface area contributed by atoms with Gasteiger partial charge in [0.25, 0.3) is 0 Å². The molecule has 0 spiro atoms. The van der Waals surface area contributed by atoms with Crippen LogP contribution in [0.4, 0.5) is 0 Å². The lowest BCUT2D eigenvalue weighted by Crippen LogP contribution is -2.10. The molecule has 1 unspecified atom stereocenters. The quantitative estimate of drug-likeness (QED) is 0.822. The fraction of sp³-hybridized carbons (Fsp3) is 0.455. The average Bonchev–Trinajstić information content (AvgIpc) is 2.95. The summed E-state index contributed by atoms with van der Waals surface area (Å²) < 4.78 is 1.88. The first-order chi connectivity index (χ1) is 7.74. The van der Waals surface area contributed by atoms with Gasteiger partial charge in [0.05, 0.1) is 24.1 Å². The van der Waals surface area contributed by atoms with Crippen molar-refractivity contribution < 1.29 is 0 Å². The van der Waals surface area contributed by atoms with Gasteiger partial charge in [-0.25, -0.2) is 4.98 Å². The summed E-state index contributed by atoms with van der Waals surface area (Å²) in [6, 6.07) is -0.0185. The van der Waals surface area contributed by atoms with Crippen molar-refractivity contribution in [3.8, 4) is 11.3 Å². The zero-order valence-corrected chi connectivity index (χ0v) is 9.64. The standard InChI is InChI=1S/C11H17N5/c1-3-9(12)11-13-6-10(15-11)8-5-14-16(4-2)7-8/h5-7,9H,3-4,12H2,1-2H3,(H,13,15). The van der Waals surface area contributed by atoms with Gasteiger partial charge in [0.15, 0.2) is 0 Å². The van der Waals surface area contributed by atoms with E-state index in [0.29, 0.717) is 0 Å². The molecule has 2 aromatic rings. The molecule has 0 amide bonds. The average molecular weight is 219 g/mol. The summed E-state index contributed by atoms with van der Waals surface area (Å²) in [6.45, 7) is 4.97. The smallest absolute Gasteiger partial charge is 0.123 e. The summed E-state index contributed by atoms with van der Waals surface area (Å²) >= 11 is 0. The minimum absolute atomic E-state index is 0.0185. The minimum atomic E-state index is -0.0185. The molecule has 86 valence electrons. The van der Waals surface area contributed by atoms with Crippen LogP contribution in [0.2, 0.25) is 0 Å². The second kappa shape index (κ2) is 4.49. The van der Waals surface area contributed by atoms with E-state index in [1.165, 1.54) is 0 Å². The molecule has 0 aliphatic rings. The van der Waals surface area contributed by atoms with E-state index in [1.54, 1.807) is 0 Å². The number of hydrogen-bond donors (Lipinski definition) is 2. The van der Waals surface area contributed by atoms with Crippen molar-refractivity contribution in [3.05, 3.63) is 24.4 Å². The molecular weight excluding hydrogens is 202 g/mol. The van der Waals surface area contributed by atoms with Crippen LogP contribution in [0.1, 0.15) is 32.1 Å². The van der Waals surface area contributed by atoms with Crippen molar-refractivity contribution in [2.45, 2.75) is 32.9 Å². The van der Waals surface area contributed by atoms with Crippen LogP contribution in [-0.4, -0.2) is 19.7 Å². The Bertz CT molecular complexity index is 456. The molecule has 0 aliphatic heterocycles. The number of nitrogens with zero attached hydrogens (tertiary/aromatic N) is 3. The number of hydrogen-bond acceptors (Lipinski definition) is 3. The van der Waals surface area contributed by atoms with E-state index in [1.807, 2.05) is 30.2 Å². The van der Waals surface area contributed by atoms with Gasteiger partial charge in [-0.05, 0) is 13.3 Å². The molecule has 0 bridgehead atoms. The van der Waals surface area contributed by atoms with Crippen molar-refractivity contribution in [1.82, 2.24) is 19.7 Å². The molecule has 0 saturated heterocycles. The molecule has 5 nitrogen and oxygen atoms in total. The predicted molar refractivity (Wildman–Crippen MR) is 62.7 cm³/mol. The highest BCUT2D eigenvalue weighted by Gasteiger charge is 2.09. The monoisotopic (exact) mass is 219 g/mol. The van der Waals surface area contributed by atoms with E-state index in [-0.39, 0.29) is 6.04 Å². The summed E-state index contributed by atoms with van der Waals surface area (Å²) in [7, 11) is 0. The topological polar surface area (TPSA) is 72.5 Å². The molecule has 2 rings (SSSR count). The fourth-order valence-corrected chi connectivity index (χ4v) is 1.54. The Labute approximate surface area is 94.7 Å². The minimum Gasteiger partial charge on any atom is -0.341 e. The van der Waals surface area contributed by atoms with Gasteiger partial charge in [0, 0.05) is 18.3 Å². The molecule has 0 saturated carbocycles. The van der Waals surface area contributed by atoms with Gasteiger partial charge >= 0.3 is 0 Å². The van der Waals surface area contributed by atoms with Crippen LogP contribution in [0.3, 0.4) is 0 Å².